The smallest absolute Gasteiger partial charge is 0.270 e. The van der Waals surface area contributed by atoms with E-state index in [0.717, 1.165) is 5.69 Å². The first-order valence-electron chi connectivity index (χ1n) is 9.14. The van der Waals surface area contributed by atoms with Gasteiger partial charge in [-0.15, -0.1) is 0 Å². The van der Waals surface area contributed by atoms with Gasteiger partial charge < -0.3 is 4.90 Å². The van der Waals surface area contributed by atoms with Crippen LogP contribution in [0.1, 0.15) is 36.6 Å². The summed E-state index contributed by atoms with van der Waals surface area (Å²) in [7, 11) is 3.74. The van der Waals surface area contributed by atoms with Gasteiger partial charge in [0.15, 0.2) is 5.78 Å². The van der Waals surface area contributed by atoms with Gasteiger partial charge in [0.25, 0.3) is 11.8 Å². The first kappa shape index (κ1) is 21.1. The highest BCUT2D eigenvalue weighted by molar-refractivity contribution is 6.30. The highest BCUT2D eigenvalue weighted by Crippen LogP contribution is 2.17. The zero-order valence-electron chi connectivity index (χ0n) is 16.5. The minimum absolute atomic E-state index is 0.153. The Bertz CT molecular complexity index is 1090. The van der Waals surface area contributed by atoms with E-state index in [1.807, 2.05) is 25.1 Å². The maximum atomic E-state index is 12.8. The van der Waals surface area contributed by atoms with Crippen molar-refractivity contribution in [3.8, 4) is 0 Å². The molecule has 2 N–H and O–H groups in total. The molecule has 0 aliphatic heterocycles. The fourth-order valence-corrected chi connectivity index (χ4v) is 2.94. The van der Waals surface area contributed by atoms with Crippen LogP contribution < -0.4 is 15.8 Å². The third kappa shape index (κ3) is 4.85. The van der Waals surface area contributed by atoms with Crippen LogP contribution in [-0.4, -0.2) is 31.7 Å². The Morgan fingerprint density at radius 3 is 2.03 bits per heavy atom. The molecule has 0 spiro atoms. The lowest BCUT2D eigenvalue weighted by Crippen LogP contribution is -2.42. The second-order valence-electron chi connectivity index (χ2n) is 6.73. The molecule has 0 unspecified atom stereocenters. The van der Waals surface area contributed by atoms with Gasteiger partial charge >= 0.3 is 0 Å². The van der Waals surface area contributed by atoms with E-state index in [4.69, 9.17) is 11.6 Å². The van der Waals surface area contributed by atoms with Crippen molar-refractivity contribution >= 4 is 34.9 Å². The molecule has 152 valence electrons. The van der Waals surface area contributed by atoms with Gasteiger partial charge in [-0.1, -0.05) is 35.9 Å². The van der Waals surface area contributed by atoms with Gasteiger partial charge in [0, 0.05) is 41.5 Å². The molecule has 0 saturated heterocycles. The van der Waals surface area contributed by atoms with E-state index >= 15 is 0 Å². The summed E-state index contributed by atoms with van der Waals surface area (Å²) < 4.78 is 0. The average Bonchev–Trinajstić information content (AvgIpc) is 2.77. The summed E-state index contributed by atoms with van der Waals surface area (Å²) in [5.74, 6) is -1.37. The van der Waals surface area contributed by atoms with E-state index in [-0.39, 0.29) is 16.9 Å². The molecule has 0 atom stereocenters. The Morgan fingerprint density at radius 1 is 0.733 bits per heavy atom. The van der Waals surface area contributed by atoms with Gasteiger partial charge in [0.05, 0.1) is 5.56 Å². The van der Waals surface area contributed by atoms with Gasteiger partial charge in [-0.2, -0.15) is 0 Å². The van der Waals surface area contributed by atoms with Crippen molar-refractivity contribution in [1.29, 1.82) is 0 Å². The van der Waals surface area contributed by atoms with E-state index in [1.54, 1.807) is 60.7 Å². The lowest BCUT2D eigenvalue weighted by atomic mass is 9.98. The predicted molar refractivity (Wildman–Crippen MR) is 117 cm³/mol. The Morgan fingerprint density at radius 2 is 1.37 bits per heavy atom. The maximum absolute atomic E-state index is 12.8. The number of anilines is 1. The second-order valence-corrected chi connectivity index (χ2v) is 7.17. The predicted octanol–water partition coefficient (Wildman–Crippen LogP) is 3.71. The molecule has 3 aromatic rings. The van der Waals surface area contributed by atoms with Gasteiger partial charge in [0.2, 0.25) is 0 Å². The number of amides is 2. The Labute approximate surface area is 179 Å². The van der Waals surface area contributed by atoms with Crippen molar-refractivity contribution in [2.45, 2.75) is 0 Å². The second kappa shape index (κ2) is 9.24. The summed E-state index contributed by atoms with van der Waals surface area (Å²) in [5.41, 5.74) is 6.80. The standard InChI is InChI=1S/C23H20ClN3O3/c1-27(2)18-7-5-6-16(14-18)22(29)25-26-23(30)20-9-4-3-8-19(20)21(28)15-10-12-17(24)13-11-15/h3-14H,1-2H3,(H,25,29)(H,26,30). The monoisotopic (exact) mass is 421 g/mol. The van der Waals surface area contributed by atoms with Gasteiger partial charge in [-0.25, -0.2) is 0 Å². The summed E-state index contributed by atoms with van der Waals surface area (Å²) in [6, 6.07) is 19.8. The number of ketones is 1. The molecule has 0 aliphatic rings. The van der Waals surface area contributed by atoms with E-state index in [9.17, 15) is 14.4 Å². The number of nitrogens with zero attached hydrogens (tertiary/aromatic N) is 1. The SMILES string of the molecule is CN(C)c1cccc(C(=O)NNC(=O)c2ccccc2C(=O)c2ccc(Cl)cc2)c1. The minimum atomic E-state index is -0.593. The number of carbonyl (C=O) groups excluding carboxylic acids is 3. The van der Waals surface area contributed by atoms with Crippen LogP contribution in [0, 0.1) is 0 Å². The molecule has 0 saturated carbocycles. The van der Waals surface area contributed by atoms with Crippen LogP contribution in [0.25, 0.3) is 0 Å². The van der Waals surface area contributed by atoms with Crippen molar-refractivity contribution in [1.82, 2.24) is 10.9 Å². The quantitative estimate of drug-likeness (QED) is 0.486. The minimum Gasteiger partial charge on any atom is -0.378 e. The Balaban J connectivity index is 1.75. The summed E-state index contributed by atoms with van der Waals surface area (Å²) in [6.07, 6.45) is 0. The third-order valence-corrected chi connectivity index (χ3v) is 4.69. The molecule has 6 nitrogen and oxygen atoms in total. The first-order valence-corrected chi connectivity index (χ1v) is 9.52. The maximum Gasteiger partial charge on any atom is 0.270 e. The highest BCUT2D eigenvalue weighted by atomic mass is 35.5. The molecule has 30 heavy (non-hydrogen) atoms. The van der Waals surface area contributed by atoms with Crippen LogP contribution in [0.15, 0.2) is 72.8 Å². The number of halogens is 1. The number of nitrogens with one attached hydrogen (secondary N) is 2. The van der Waals surface area contributed by atoms with Crippen molar-refractivity contribution in [2.24, 2.45) is 0 Å². The lowest BCUT2D eigenvalue weighted by molar-refractivity contribution is 0.0845. The van der Waals surface area contributed by atoms with Crippen molar-refractivity contribution in [2.75, 3.05) is 19.0 Å². The molecular formula is C23H20ClN3O3. The molecule has 0 heterocycles. The fraction of sp³-hybridized carbons (Fsp3) is 0.0870. The number of hydrazine groups is 1. The number of hydrogen-bond donors (Lipinski definition) is 2. The van der Waals surface area contributed by atoms with Gasteiger partial charge in [0.1, 0.15) is 0 Å². The normalized spacial score (nSPS) is 10.2. The van der Waals surface area contributed by atoms with Crippen molar-refractivity contribution in [3.05, 3.63) is 100 Å². The third-order valence-electron chi connectivity index (χ3n) is 4.44. The zero-order valence-corrected chi connectivity index (χ0v) is 17.2. The fourth-order valence-electron chi connectivity index (χ4n) is 2.81. The molecule has 0 aromatic heterocycles. The van der Waals surface area contributed by atoms with Crippen LogP contribution in [0.4, 0.5) is 5.69 Å². The summed E-state index contributed by atoms with van der Waals surface area (Å²) in [5, 5.41) is 0.513. The van der Waals surface area contributed by atoms with E-state index in [0.29, 0.717) is 16.1 Å². The van der Waals surface area contributed by atoms with Crippen LogP contribution in [0.3, 0.4) is 0 Å². The van der Waals surface area contributed by atoms with E-state index < -0.39 is 11.8 Å². The highest BCUT2D eigenvalue weighted by Gasteiger charge is 2.18. The van der Waals surface area contributed by atoms with E-state index in [2.05, 4.69) is 10.9 Å². The van der Waals surface area contributed by atoms with Crippen LogP contribution >= 0.6 is 11.6 Å². The topological polar surface area (TPSA) is 78.5 Å². The van der Waals surface area contributed by atoms with Crippen molar-refractivity contribution in [3.63, 3.8) is 0 Å². The number of benzene rings is 3. The molecule has 0 radical (unpaired) electrons. The molecule has 3 aromatic carbocycles. The van der Waals surface area contributed by atoms with Gasteiger partial charge in [-0.05, 0) is 48.5 Å². The molecule has 7 heteroatoms. The number of carbonyl (C=O) groups is 3. The molecule has 2 amide bonds. The molecule has 0 aliphatic carbocycles. The van der Waals surface area contributed by atoms with Crippen LogP contribution in [0.5, 0.6) is 0 Å². The molecule has 3 rings (SSSR count). The molecular weight excluding hydrogens is 402 g/mol. The zero-order chi connectivity index (χ0) is 21.7. The number of hydrogen-bond acceptors (Lipinski definition) is 4. The Hall–Kier alpha value is -3.64. The van der Waals surface area contributed by atoms with Gasteiger partial charge in [-0.3, -0.25) is 25.2 Å². The van der Waals surface area contributed by atoms with Crippen LogP contribution in [-0.2, 0) is 0 Å². The Kier molecular flexibility index (Phi) is 6.49. The average molecular weight is 422 g/mol. The first-order chi connectivity index (χ1) is 14.4. The molecule has 0 fully saturated rings. The van der Waals surface area contributed by atoms with Crippen molar-refractivity contribution < 1.29 is 14.4 Å². The number of rotatable bonds is 5. The molecule has 0 bridgehead atoms. The largest absolute Gasteiger partial charge is 0.378 e. The summed E-state index contributed by atoms with van der Waals surface area (Å²) in [4.78, 5) is 39.8. The summed E-state index contributed by atoms with van der Waals surface area (Å²) >= 11 is 5.87. The van der Waals surface area contributed by atoms with E-state index in [1.165, 1.54) is 6.07 Å². The lowest BCUT2D eigenvalue weighted by Gasteiger charge is -2.14. The van der Waals surface area contributed by atoms with Crippen LogP contribution in [0.2, 0.25) is 5.02 Å². The summed E-state index contributed by atoms with van der Waals surface area (Å²) in [6.45, 7) is 0.